The highest BCUT2D eigenvalue weighted by Crippen LogP contribution is 2.32. The summed E-state index contributed by atoms with van der Waals surface area (Å²) in [5.41, 5.74) is 0.545. The lowest BCUT2D eigenvalue weighted by atomic mass is 10.1. The Morgan fingerprint density at radius 3 is 2.37 bits per heavy atom. The molecule has 27 heavy (non-hydrogen) atoms. The molecule has 3 rings (SSSR count). The highest BCUT2D eigenvalue weighted by Gasteiger charge is 2.31. The summed E-state index contributed by atoms with van der Waals surface area (Å²) in [6, 6.07) is 11.6. The van der Waals surface area contributed by atoms with Gasteiger partial charge in [0.2, 0.25) is 0 Å². The maximum Gasteiger partial charge on any atom is 0.416 e. The Balaban J connectivity index is 1.56. The van der Waals surface area contributed by atoms with Gasteiger partial charge in [-0.15, -0.1) is 0 Å². The topological polar surface area (TPSA) is 49.8 Å². The lowest BCUT2D eigenvalue weighted by Gasteiger charge is -2.32. The number of carbonyl (C=O) groups excluding carboxylic acids is 1. The molecule has 0 bridgehead atoms. The molecule has 4 nitrogen and oxygen atoms in total. The first kappa shape index (κ1) is 19.2. The Morgan fingerprint density at radius 2 is 1.78 bits per heavy atom. The van der Waals surface area contributed by atoms with E-state index in [0.717, 1.165) is 17.7 Å². The van der Waals surface area contributed by atoms with Crippen LogP contribution in [0.1, 0.15) is 34.3 Å². The molecule has 7 heteroatoms. The molecular weight excluding hydrogens is 359 g/mol. The number of carbonyl (C=O) groups is 1. The van der Waals surface area contributed by atoms with Crippen LogP contribution >= 0.6 is 0 Å². The number of piperidine rings is 1. The van der Waals surface area contributed by atoms with E-state index in [9.17, 15) is 18.0 Å². The number of halogens is 3. The zero-order chi connectivity index (χ0) is 19.4. The second-order valence-electron chi connectivity index (χ2n) is 6.49. The third-order valence-corrected chi connectivity index (χ3v) is 4.58. The van der Waals surface area contributed by atoms with E-state index >= 15 is 0 Å². The predicted octanol–water partition coefficient (Wildman–Crippen LogP) is 3.88. The van der Waals surface area contributed by atoms with Gasteiger partial charge in [0, 0.05) is 31.5 Å². The van der Waals surface area contributed by atoms with Gasteiger partial charge in [-0.05, 0) is 35.9 Å². The van der Waals surface area contributed by atoms with Crippen LogP contribution in [0.5, 0.6) is 5.75 Å². The maximum absolute atomic E-state index is 12.8. The predicted molar refractivity (Wildman–Crippen MR) is 93.4 cm³/mol. The van der Waals surface area contributed by atoms with Crippen molar-refractivity contribution in [3.8, 4) is 5.75 Å². The number of amides is 1. The lowest BCUT2D eigenvalue weighted by Crippen LogP contribution is -2.41. The van der Waals surface area contributed by atoms with Gasteiger partial charge >= 0.3 is 6.18 Å². The van der Waals surface area contributed by atoms with Crippen molar-refractivity contribution in [2.45, 2.75) is 31.7 Å². The van der Waals surface area contributed by atoms with Gasteiger partial charge in [-0.1, -0.05) is 18.2 Å². The van der Waals surface area contributed by atoms with Crippen LogP contribution < -0.4 is 4.74 Å². The first-order valence-corrected chi connectivity index (χ1v) is 8.70. The molecule has 2 aromatic carbocycles. The van der Waals surface area contributed by atoms with Crippen molar-refractivity contribution in [3.63, 3.8) is 0 Å². The zero-order valence-electron chi connectivity index (χ0n) is 14.6. The second-order valence-corrected chi connectivity index (χ2v) is 6.49. The normalized spacial score (nSPS) is 15.6. The number of ether oxygens (including phenoxy) is 1. The number of rotatable bonds is 4. The summed E-state index contributed by atoms with van der Waals surface area (Å²) < 4.78 is 44.0. The van der Waals surface area contributed by atoms with E-state index in [1.165, 1.54) is 12.1 Å². The largest absolute Gasteiger partial charge is 0.490 e. The van der Waals surface area contributed by atoms with Gasteiger partial charge in [0.1, 0.15) is 11.9 Å². The number of aliphatic hydroxyl groups excluding tert-OH is 1. The highest BCUT2D eigenvalue weighted by molar-refractivity contribution is 5.94. The van der Waals surface area contributed by atoms with Crippen molar-refractivity contribution in [1.82, 2.24) is 4.90 Å². The third kappa shape index (κ3) is 4.80. The molecule has 0 aliphatic carbocycles. The molecule has 1 aliphatic rings. The molecule has 0 unspecified atom stereocenters. The fourth-order valence-corrected chi connectivity index (χ4v) is 3.05. The summed E-state index contributed by atoms with van der Waals surface area (Å²) in [6.45, 7) is 0.876. The number of aliphatic hydroxyl groups is 1. The van der Waals surface area contributed by atoms with Crippen LogP contribution in [0.3, 0.4) is 0 Å². The maximum atomic E-state index is 12.8. The van der Waals surface area contributed by atoms with Crippen molar-refractivity contribution in [3.05, 3.63) is 65.2 Å². The van der Waals surface area contributed by atoms with Crippen molar-refractivity contribution in [2.75, 3.05) is 13.1 Å². The number of likely N-dealkylation sites (tertiary alicyclic amines) is 1. The molecule has 1 saturated heterocycles. The molecule has 1 heterocycles. The minimum Gasteiger partial charge on any atom is -0.490 e. The van der Waals surface area contributed by atoms with Gasteiger partial charge in [-0.2, -0.15) is 13.2 Å². The number of hydrogen-bond donors (Lipinski definition) is 1. The zero-order valence-corrected chi connectivity index (χ0v) is 14.6. The van der Waals surface area contributed by atoms with E-state index in [4.69, 9.17) is 9.84 Å². The molecule has 1 N–H and O–H groups in total. The van der Waals surface area contributed by atoms with Gasteiger partial charge in [0.05, 0.1) is 12.2 Å². The molecule has 2 aromatic rings. The smallest absolute Gasteiger partial charge is 0.416 e. The highest BCUT2D eigenvalue weighted by atomic mass is 19.4. The summed E-state index contributed by atoms with van der Waals surface area (Å²) in [6.07, 6.45) is -3.52. The summed E-state index contributed by atoms with van der Waals surface area (Å²) >= 11 is 0. The molecule has 1 amide bonds. The van der Waals surface area contributed by atoms with Crippen molar-refractivity contribution in [1.29, 1.82) is 0 Å². The standard InChI is InChI=1S/C20H20F3NO3/c21-20(22,23)16-2-1-3-18(12-16)27-17-8-10-24(11-9-17)19(26)15-6-4-14(13-25)5-7-15/h1-7,12,17,25H,8-11,13H2. The Labute approximate surface area is 155 Å². The van der Waals surface area contributed by atoms with Crippen LogP contribution in [-0.4, -0.2) is 35.1 Å². The summed E-state index contributed by atoms with van der Waals surface area (Å²) in [5, 5.41) is 9.06. The van der Waals surface area contributed by atoms with Gasteiger partial charge in [0.25, 0.3) is 5.91 Å². The van der Waals surface area contributed by atoms with Gasteiger partial charge in [-0.3, -0.25) is 4.79 Å². The molecule has 1 aliphatic heterocycles. The van der Waals surface area contributed by atoms with E-state index in [1.807, 2.05) is 0 Å². The number of hydrogen-bond acceptors (Lipinski definition) is 3. The molecule has 0 atom stereocenters. The quantitative estimate of drug-likeness (QED) is 0.877. The van der Waals surface area contributed by atoms with E-state index in [1.54, 1.807) is 29.2 Å². The van der Waals surface area contributed by atoms with E-state index in [0.29, 0.717) is 31.5 Å². The number of benzene rings is 2. The van der Waals surface area contributed by atoms with E-state index in [2.05, 4.69) is 0 Å². The summed E-state index contributed by atoms with van der Waals surface area (Å²) in [4.78, 5) is 14.2. The van der Waals surface area contributed by atoms with Gasteiger partial charge in [0.15, 0.2) is 0 Å². The summed E-state index contributed by atoms with van der Waals surface area (Å²) in [7, 11) is 0. The Morgan fingerprint density at radius 1 is 1.11 bits per heavy atom. The fraction of sp³-hybridized carbons (Fsp3) is 0.350. The van der Waals surface area contributed by atoms with Crippen LogP contribution in [0.2, 0.25) is 0 Å². The van der Waals surface area contributed by atoms with Gasteiger partial charge in [-0.25, -0.2) is 0 Å². The minimum absolute atomic E-state index is 0.0766. The van der Waals surface area contributed by atoms with Crippen molar-refractivity contribution < 1.29 is 27.8 Å². The average molecular weight is 379 g/mol. The SMILES string of the molecule is O=C(c1ccc(CO)cc1)N1CCC(Oc2cccc(C(F)(F)F)c2)CC1. The Bertz CT molecular complexity index is 782. The van der Waals surface area contributed by atoms with Crippen molar-refractivity contribution in [2.24, 2.45) is 0 Å². The first-order chi connectivity index (χ1) is 12.9. The Kier molecular flexibility index (Phi) is 5.70. The van der Waals surface area contributed by atoms with Crippen LogP contribution in [0.4, 0.5) is 13.2 Å². The Hall–Kier alpha value is -2.54. The van der Waals surface area contributed by atoms with Crippen LogP contribution in [-0.2, 0) is 12.8 Å². The van der Waals surface area contributed by atoms with E-state index < -0.39 is 11.7 Å². The van der Waals surface area contributed by atoms with Crippen LogP contribution in [0.15, 0.2) is 48.5 Å². The second kappa shape index (κ2) is 8.00. The molecular formula is C20H20F3NO3. The minimum atomic E-state index is -4.40. The molecule has 0 radical (unpaired) electrons. The average Bonchev–Trinajstić information content (AvgIpc) is 2.68. The molecule has 0 aromatic heterocycles. The van der Waals surface area contributed by atoms with Crippen LogP contribution in [0, 0.1) is 0 Å². The fourth-order valence-electron chi connectivity index (χ4n) is 3.05. The molecule has 0 saturated carbocycles. The molecule has 0 spiro atoms. The van der Waals surface area contributed by atoms with E-state index in [-0.39, 0.29) is 24.4 Å². The number of nitrogens with zero attached hydrogens (tertiary/aromatic N) is 1. The molecule has 144 valence electrons. The lowest BCUT2D eigenvalue weighted by molar-refractivity contribution is -0.137. The van der Waals surface area contributed by atoms with Gasteiger partial charge < -0.3 is 14.7 Å². The van der Waals surface area contributed by atoms with Crippen LogP contribution in [0.25, 0.3) is 0 Å². The monoisotopic (exact) mass is 379 g/mol. The van der Waals surface area contributed by atoms with Crippen molar-refractivity contribution >= 4 is 5.91 Å². The number of alkyl halides is 3. The third-order valence-electron chi connectivity index (χ3n) is 4.58. The first-order valence-electron chi connectivity index (χ1n) is 8.70. The summed E-state index contributed by atoms with van der Waals surface area (Å²) in [5.74, 6) is 0.0891. The molecule has 1 fully saturated rings.